The molecule has 0 bridgehead atoms. The van der Waals surface area contributed by atoms with Crippen molar-refractivity contribution in [2.75, 3.05) is 17.7 Å². The SMILES string of the molecule is COc1ccc(-c2nn3c(c2C)NC(=O)C3CC(=O)Nc2cccc(C(F)(F)F)c2)cc1. The Hall–Kier alpha value is -3.82. The number of ether oxygens (including phenoxy) is 1. The van der Waals surface area contributed by atoms with Crippen LogP contribution in [0.15, 0.2) is 48.5 Å². The quantitative estimate of drug-likeness (QED) is 0.611. The van der Waals surface area contributed by atoms with E-state index in [0.29, 0.717) is 17.3 Å². The van der Waals surface area contributed by atoms with E-state index in [1.807, 2.05) is 19.1 Å². The number of alkyl halides is 3. The molecule has 0 fully saturated rings. The fourth-order valence-electron chi connectivity index (χ4n) is 3.57. The second kappa shape index (κ2) is 8.03. The van der Waals surface area contributed by atoms with Crippen LogP contribution < -0.4 is 15.4 Å². The maximum Gasteiger partial charge on any atom is 0.416 e. The van der Waals surface area contributed by atoms with Crippen molar-refractivity contribution in [1.82, 2.24) is 9.78 Å². The van der Waals surface area contributed by atoms with E-state index in [4.69, 9.17) is 4.74 Å². The second-order valence-corrected chi connectivity index (χ2v) is 7.33. The van der Waals surface area contributed by atoms with Crippen molar-refractivity contribution in [2.45, 2.75) is 25.6 Å². The Balaban J connectivity index is 1.54. The Kier molecular flexibility index (Phi) is 5.37. The third-order valence-electron chi connectivity index (χ3n) is 5.20. The topological polar surface area (TPSA) is 85.2 Å². The molecule has 2 N–H and O–H groups in total. The highest BCUT2D eigenvalue weighted by Gasteiger charge is 2.36. The summed E-state index contributed by atoms with van der Waals surface area (Å²) in [6, 6.07) is 10.7. The number of carbonyl (C=O) groups is 2. The third kappa shape index (κ3) is 4.03. The predicted octanol–water partition coefficient (Wildman–Crippen LogP) is 4.41. The van der Waals surface area contributed by atoms with Crippen LogP contribution in [0.5, 0.6) is 5.75 Å². The number of aromatic nitrogens is 2. The van der Waals surface area contributed by atoms with Crippen LogP contribution in [0.1, 0.15) is 23.6 Å². The van der Waals surface area contributed by atoms with Gasteiger partial charge >= 0.3 is 6.18 Å². The highest BCUT2D eigenvalue weighted by atomic mass is 19.4. The number of carbonyl (C=O) groups excluding carboxylic acids is 2. The van der Waals surface area contributed by atoms with Gasteiger partial charge in [0.05, 0.1) is 24.8 Å². The molecular weight excluding hydrogens is 425 g/mol. The molecule has 32 heavy (non-hydrogen) atoms. The molecule has 0 saturated heterocycles. The molecule has 0 radical (unpaired) electrons. The normalized spacial score (nSPS) is 15.3. The summed E-state index contributed by atoms with van der Waals surface area (Å²) < 4.78 is 45.3. The number of hydrogen-bond acceptors (Lipinski definition) is 4. The summed E-state index contributed by atoms with van der Waals surface area (Å²) in [5.74, 6) is 0.167. The van der Waals surface area contributed by atoms with Crippen LogP contribution in [0, 0.1) is 6.92 Å². The monoisotopic (exact) mass is 444 g/mol. The third-order valence-corrected chi connectivity index (χ3v) is 5.20. The number of amides is 2. The lowest BCUT2D eigenvalue weighted by molar-refractivity contribution is -0.137. The van der Waals surface area contributed by atoms with E-state index in [0.717, 1.165) is 23.3 Å². The molecule has 0 aliphatic carbocycles. The summed E-state index contributed by atoms with van der Waals surface area (Å²) in [7, 11) is 1.57. The van der Waals surface area contributed by atoms with Crippen molar-refractivity contribution in [1.29, 1.82) is 0 Å². The molecule has 7 nitrogen and oxygen atoms in total. The highest BCUT2D eigenvalue weighted by Crippen LogP contribution is 2.36. The van der Waals surface area contributed by atoms with Crippen molar-refractivity contribution >= 4 is 23.3 Å². The van der Waals surface area contributed by atoms with Gasteiger partial charge in [-0.2, -0.15) is 18.3 Å². The second-order valence-electron chi connectivity index (χ2n) is 7.33. The van der Waals surface area contributed by atoms with Gasteiger partial charge in [0.1, 0.15) is 17.6 Å². The first-order valence-corrected chi connectivity index (χ1v) is 9.69. The van der Waals surface area contributed by atoms with Gasteiger partial charge in [-0.25, -0.2) is 4.68 Å². The van der Waals surface area contributed by atoms with Gasteiger partial charge in [0, 0.05) is 16.8 Å². The molecule has 1 atom stereocenters. The van der Waals surface area contributed by atoms with Crippen molar-refractivity contribution in [3.05, 3.63) is 59.7 Å². The zero-order valence-electron chi connectivity index (χ0n) is 17.2. The fourth-order valence-corrected chi connectivity index (χ4v) is 3.57. The van der Waals surface area contributed by atoms with E-state index in [-0.39, 0.29) is 12.1 Å². The Morgan fingerprint density at radius 1 is 1.22 bits per heavy atom. The van der Waals surface area contributed by atoms with Crippen LogP contribution in [0.25, 0.3) is 11.3 Å². The molecule has 3 aromatic rings. The number of rotatable bonds is 5. The summed E-state index contributed by atoms with van der Waals surface area (Å²) in [6.45, 7) is 1.81. The summed E-state index contributed by atoms with van der Waals surface area (Å²) in [6.07, 6.45) is -4.80. The van der Waals surface area contributed by atoms with E-state index in [1.165, 1.54) is 16.8 Å². The Morgan fingerprint density at radius 3 is 2.59 bits per heavy atom. The maximum atomic E-state index is 12.9. The molecule has 2 heterocycles. The van der Waals surface area contributed by atoms with E-state index >= 15 is 0 Å². The average molecular weight is 444 g/mol. The summed E-state index contributed by atoms with van der Waals surface area (Å²) in [5.41, 5.74) is 1.32. The van der Waals surface area contributed by atoms with Crippen LogP contribution in [0.3, 0.4) is 0 Å². The molecule has 166 valence electrons. The molecule has 1 aliphatic rings. The summed E-state index contributed by atoms with van der Waals surface area (Å²) in [4.78, 5) is 24.9. The maximum absolute atomic E-state index is 12.9. The first kappa shape index (κ1) is 21.4. The van der Waals surface area contributed by atoms with Gasteiger partial charge < -0.3 is 15.4 Å². The van der Waals surface area contributed by atoms with Gasteiger partial charge in [-0.05, 0) is 49.4 Å². The van der Waals surface area contributed by atoms with E-state index in [1.54, 1.807) is 19.2 Å². The smallest absolute Gasteiger partial charge is 0.416 e. The molecule has 2 aromatic carbocycles. The number of fused-ring (bicyclic) bond motifs is 1. The van der Waals surface area contributed by atoms with Gasteiger partial charge in [0.25, 0.3) is 5.91 Å². The Labute approximate surface area is 181 Å². The fraction of sp³-hybridized carbons (Fsp3) is 0.227. The Bertz CT molecular complexity index is 1190. The van der Waals surface area contributed by atoms with Crippen LogP contribution in [-0.2, 0) is 15.8 Å². The van der Waals surface area contributed by atoms with E-state index in [2.05, 4.69) is 15.7 Å². The number of anilines is 2. The molecule has 0 saturated carbocycles. The molecule has 1 unspecified atom stereocenters. The average Bonchev–Trinajstić information content (AvgIpc) is 3.23. The molecule has 10 heteroatoms. The molecule has 0 spiro atoms. The van der Waals surface area contributed by atoms with Gasteiger partial charge in [0.15, 0.2) is 0 Å². The molecular formula is C22H19F3N4O3. The Morgan fingerprint density at radius 2 is 1.94 bits per heavy atom. The summed E-state index contributed by atoms with van der Waals surface area (Å²) in [5, 5.41) is 9.68. The zero-order chi connectivity index (χ0) is 23.0. The van der Waals surface area contributed by atoms with Crippen molar-refractivity contribution < 1.29 is 27.5 Å². The minimum absolute atomic E-state index is 0.000906. The van der Waals surface area contributed by atoms with Crippen LogP contribution in [0.2, 0.25) is 0 Å². The van der Waals surface area contributed by atoms with Crippen LogP contribution in [0.4, 0.5) is 24.7 Å². The lowest BCUT2D eigenvalue weighted by Crippen LogP contribution is -2.24. The highest BCUT2D eigenvalue weighted by molar-refractivity contribution is 6.02. The lowest BCUT2D eigenvalue weighted by atomic mass is 10.1. The minimum Gasteiger partial charge on any atom is -0.497 e. The molecule has 4 rings (SSSR count). The van der Waals surface area contributed by atoms with Crippen molar-refractivity contribution in [2.24, 2.45) is 0 Å². The van der Waals surface area contributed by atoms with E-state index in [9.17, 15) is 22.8 Å². The number of nitrogens with one attached hydrogen (secondary N) is 2. The summed E-state index contributed by atoms with van der Waals surface area (Å²) >= 11 is 0. The largest absolute Gasteiger partial charge is 0.497 e. The standard InChI is InChI=1S/C22H19F3N4O3/c1-12-19(13-6-8-16(32-2)9-7-13)28-29-17(21(31)27-20(12)29)11-18(30)26-15-5-3-4-14(10-15)22(23,24)25/h3-10,17H,11H2,1-2H3,(H,26,30)(H,27,31). The van der Waals surface area contributed by atoms with Crippen molar-refractivity contribution in [3.63, 3.8) is 0 Å². The number of hydrogen-bond donors (Lipinski definition) is 2. The lowest BCUT2D eigenvalue weighted by Gasteiger charge is -2.12. The van der Waals surface area contributed by atoms with E-state index < -0.39 is 29.6 Å². The molecule has 1 aliphatic heterocycles. The van der Waals surface area contributed by atoms with Gasteiger partial charge in [-0.1, -0.05) is 6.07 Å². The number of methoxy groups -OCH3 is 1. The number of halogens is 3. The van der Waals surface area contributed by atoms with Gasteiger partial charge in [-0.3, -0.25) is 9.59 Å². The van der Waals surface area contributed by atoms with Crippen molar-refractivity contribution in [3.8, 4) is 17.0 Å². The van der Waals surface area contributed by atoms with Gasteiger partial charge in [0.2, 0.25) is 5.91 Å². The molecule has 1 aromatic heterocycles. The number of benzene rings is 2. The minimum atomic E-state index is -4.52. The predicted molar refractivity (Wildman–Crippen MR) is 111 cm³/mol. The zero-order valence-corrected chi connectivity index (χ0v) is 17.2. The molecule has 2 amide bonds. The first-order valence-electron chi connectivity index (χ1n) is 9.69. The first-order chi connectivity index (χ1) is 15.2. The van der Waals surface area contributed by atoms with Gasteiger partial charge in [-0.15, -0.1) is 0 Å². The number of nitrogens with zero attached hydrogens (tertiary/aromatic N) is 2. The van der Waals surface area contributed by atoms with Crippen LogP contribution in [-0.4, -0.2) is 28.7 Å². The van der Waals surface area contributed by atoms with Crippen LogP contribution >= 0.6 is 0 Å².